The Hall–Kier alpha value is -2.09. The highest BCUT2D eigenvalue weighted by atomic mass is 35.5. The molecule has 3 rings (SSSR count). The van der Waals surface area contributed by atoms with E-state index in [0.29, 0.717) is 16.7 Å². The van der Waals surface area contributed by atoms with E-state index in [-0.39, 0.29) is 4.90 Å². The molecule has 0 spiro atoms. The van der Waals surface area contributed by atoms with Crippen LogP contribution in [0.2, 0.25) is 10.0 Å². The van der Waals surface area contributed by atoms with Crippen LogP contribution in [-0.2, 0) is 29.6 Å². The fourth-order valence-corrected chi connectivity index (χ4v) is 3.65. The van der Waals surface area contributed by atoms with Crippen molar-refractivity contribution in [2.45, 2.75) is 24.5 Å². The molecule has 3 aromatic carbocycles. The van der Waals surface area contributed by atoms with Gasteiger partial charge in [0.05, 0.1) is 14.9 Å². The van der Waals surface area contributed by atoms with Crippen molar-refractivity contribution in [3.63, 3.8) is 0 Å². The summed E-state index contributed by atoms with van der Waals surface area (Å²) in [4.78, 5) is 0.126. The van der Waals surface area contributed by atoms with E-state index in [9.17, 15) is 8.42 Å². The zero-order chi connectivity index (χ0) is 21.6. The highest BCUT2D eigenvalue weighted by molar-refractivity contribution is 7.89. The van der Waals surface area contributed by atoms with Crippen LogP contribution in [0.1, 0.15) is 16.7 Å². The molecule has 0 bridgehead atoms. The molecule has 0 aliphatic carbocycles. The molecule has 0 saturated carbocycles. The van der Waals surface area contributed by atoms with Gasteiger partial charge in [-0.1, -0.05) is 53.5 Å². The number of nitrogens with one attached hydrogen (secondary N) is 1. The Bertz CT molecular complexity index is 1090. The zero-order valence-corrected chi connectivity index (χ0v) is 18.5. The number of ether oxygens (including phenoxy) is 1. The van der Waals surface area contributed by atoms with E-state index in [0.717, 1.165) is 42.0 Å². The molecule has 0 amide bonds. The van der Waals surface area contributed by atoms with Crippen molar-refractivity contribution in [1.29, 1.82) is 0 Å². The van der Waals surface area contributed by atoms with Crippen LogP contribution in [0.3, 0.4) is 0 Å². The third-order valence-electron chi connectivity index (χ3n) is 4.48. The van der Waals surface area contributed by atoms with Crippen LogP contribution in [0.5, 0.6) is 5.75 Å². The number of nitrogens with two attached hydrogens (primary N) is 1. The topological polar surface area (TPSA) is 81.4 Å². The van der Waals surface area contributed by atoms with Crippen molar-refractivity contribution in [2.24, 2.45) is 5.14 Å². The van der Waals surface area contributed by atoms with E-state index < -0.39 is 10.0 Å². The number of primary sulfonamides is 1. The molecule has 30 heavy (non-hydrogen) atoms. The Kier molecular flexibility index (Phi) is 7.75. The Morgan fingerprint density at radius 1 is 0.833 bits per heavy atom. The van der Waals surface area contributed by atoms with Gasteiger partial charge in [0.2, 0.25) is 10.0 Å². The average molecular weight is 465 g/mol. The second-order valence-corrected chi connectivity index (χ2v) is 9.17. The first-order chi connectivity index (χ1) is 14.3. The van der Waals surface area contributed by atoms with Gasteiger partial charge in [0.1, 0.15) is 12.4 Å². The van der Waals surface area contributed by atoms with Crippen molar-refractivity contribution >= 4 is 33.2 Å². The average Bonchev–Trinajstić information content (AvgIpc) is 2.72. The summed E-state index contributed by atoms with van der Waals surface area (Å²) in [5.41, 5.74) is 3.13. The van der Waals surface area contributed by atoms with E-state index in [1.165, 1.54) is 12.1 Å². The van der Waals surface area contributed by atoms with Crippen LogP contribution >= 0.6 is 23.2 Å². The first kappa shape index (κ1) is 22.6. The van der Waals surface area contributed by atoms with Gasteiger partial charge >= 0.3 is 0 Å². The minimum Gasteiger partial charge on any atom is -0.489 e. The van der Waals surface area contributed by atoms with Crippen molar-refractivity contribution < 1.29 is 13.2 Å². The van der Waals surface area contributed by atoms with Gasteiger partial charge in [-0.05, 0) is 66.1 Å². The number of hydrogen-bond donors (Lipinski definition) is 2. The Morgan fingerprint density at radius 2 is 1.47 bits per heavy atom. The maximum Gasteiger partial charge on any atom is 0.238 e. The molecule has 3 N–H and O–H groups in total. The van der Waals surface area contributed by atoms with E-state index >= 15 is 0 Å². The third kappa shape index (κ3) is 6.72. The van der Waals surface area contributed by atoms with E-state index in [1.54, 1.807) is 24.3 Å². The maximum atomic E-state index is 11.3. The zero-order valence-electron chi connectivity index (χ0n) is 16.1. The lowest BCUT2D eigenvalue weighted by molar-refractivity contribution is 0.306. The summed E-state index contributed by atoms with van der Waals surface area (Å²) in [6.45, 7) is 1.91. The smallest absolute Gasteiger partial charge is 0.238 e. The fourth-order valence-electron chi connectivity index (χ4n) is 2.81. The highest BCUT2D eigenvalue weighted by Gasteiger charge is 2.06. The number of rotatable bonds is 9. The van der Waals surface area contributed by atoms with Gasteiger partial charge in [0, 0.05) is 6.54 Å². The molecular weight excluding hydrogens is 443 g/mol. The Morgan fingerprint density at radius 3 is 2.10 bits per heavy atom. The summed E-state index contributed by atoms with van der Waals surface area (Å²) in [5.74, 6) is 0.778. The summed E-state index contributed by atoms with van der Waals surface area (Å²) < 4.78 is 28.3. The Labute approximate surface area is 186 Å². The quantitative estimate of drug-likeness (QED) is 0.455. The van der Waals surface area contributed by atoms with Gasteiger partial charge < -0.3 is 10.1 Å². The molecular formula is C22H22Cl2N2O3S. The minimum absolute atomic E-state index is 0.126. The van der Waals surface area contributed by atoms with Crippen LogP contribution in [0.15, 0.2) is 71.6 Å². The van der Waals surface area contributed by atoms with Crippen LogP contribution < -0.4 is 15.2 Å². The molecule has 0 aliphatic heterocycles. The van der Waals surface area contributed by atoms with Crippen LogP contribution in [-0.4, -0.2) is 15.0 Å². The van der Waals surface area contributed by atoms with Gasteiger partial charge in [-0.15, -0.1) is 0 Å². The molecule has 3 aromatic rings. The number of sulfonamides is 1. The lowest BCUT2D eigenvalue weighted by atomic mass is 10.1. The van der Waals surface area contributed by atoms with Crippen LogP contribution in [0.25, 0.3) is 0 Å². The predicted octanol–water partition coefficient (Wildman–Crippen LogP) is 4.55. The molecule has 0 unspecified atom stereocenters. The van der Waals surface area contributed by atoms with Crippen molar-refractivity contribution in [3.05, 3.63) is 93.5 Å². The van der Waals surface area contributed by atoms with Crippen LogP contribution in [0, 0.1) is 0 Å². The number of halogens is 2. The van der Waals surface area contributed by atoms with Gasteiger partial charge in [-0.3, -0.25) is 0 Å². The van der Waals surface area contributed by atoms with E-state index in [4.69, 9.17) is 33.1 Å². The SMILES string of the molecule is NS(=O)(=O)c1ccc(CCNCc2ccc(OCc3ccc(Cl)c(Cl)c3)cc2)cc1. The van der Waals surface area contributed by atoms with E-state index in [1.807, 2.05) is 30.3 Å². The number of benzene rings is 3. The van der Waals surface area contributed by atoms with Gasteiger partial charge in [0.25, 0.3) is 0 Å². The second-order valence-electron chi connectivity index (χ2n) is 6.80. The molecule has 158 valence electrons. The molecule has 0 radical (unpaired) electrons. The second kappa shape index (κ2) is 10.3. The molecule has 0 heterocycles. The largest absolute Gasteiger partial charge is 0.489 e. The molecule has 0 atom stereocenters. The lowest BCUT2D eigenvalue weighted by Crippen LogP contribution is -2.17. The molecule has 5 nitrogen and oxygen atoms in total. The lowest BCUT2D eigenvalue weighted by Gasteiger charge is -2.09. The number of hydrogen-bond acceptors (Lipinski definition) is 4. The van der Waals surface area contributed by atoms with Gasteiger partial charge in [0.15, 0.2) is 0 Å². The molecule has 0 fully saturated rings. The van der Waals surface area contributed by atoms with Crippen molar-refractivity contribution in [3.8, 4) is 5.75 Å². The normalized spacial score (nSPS) is 11.4. The highest BCUT2D eigenvalue weighted by Crippen LogP contribution is 2.23. The minimum atomic E-state index is -3.65. The molecule has 0 aliphatic rings. The first-order valence-electron chi connectivity index (χ1n) is 9.29. The first-order valence-corrected chi connectivity index (χ1v) is 11.6. The molecule has 8 heteroatoms. The van der Waals surface area contributed by atoms with Crippen molar-refractivity contribution in [2.75, 3.05) is 6.54 Å². The van der Waals surface area contributed by atoms with Gasteiger partial charge in [-0.25, -0.2) is 13.6 Å². The monoisotopic (exact) mass is 464 g/mol. The van der Waals surface area contributed by atoms with Gasteiger partial charge in [-0.2, -0.15) is 0 Å². The fraction of sp³-hybridized carbons (Fsp3) is 0.182. The van der Waals surface area contributed by atoms with E-state index in [2.05, 4.69) is 5.32 Å². The summed E-state index contributed by atoms with van der Waals surface area (Å²) in [5, 5.41) is 9.52. The van der Waals surface area contributed by atoms with Crippen molar-refractivity contribution in [1.82, 2.24) is 5.32 Å². The predicted molar refractivity (Wildman–Crippen MR) is 120 cm³/mol. The summed E-state index contributed by atoms with van der Waals surface area (Å²) >= 11 is 11.9. The third-order valence-corrected chi connectivity index (χ3v) is 6.15. The van der Waals surface area contributed by atoms with Crippen LogP contribution in [0.4, 0.5) is 0 Å². The molecule has 0 aromatic heterocycles. The summed E-state index contributed by atoms with van der Waals surface area (Å²) in [6.07, 6.45) is 0.787. The maximum absolute atomic E-state index is 11.3. The standard InChI is InChI=1S/C22H22Cl2N2O3S/c23-21-10-5-18(13-22(21)24)15-29-19-6-1-17(2-7-19)14-26-12-11-16-3-8-20(9-4-16)30(25,27)28/h1-10,13,26H,11-12,14-15H2,(H2,25,27,28). The Balaban J connectivity index is 1.41. The summed E-state index contributed by atoms with van der Waals surface area (Å²) in [6, 6.07) is 19.9. The summed E-state index contributed by atoms with van der Waals surface area (Å²) in [7, 11) is -3.65. The molecule has 0 saturated heterocycles.